The predicted molar refractivity (Wildman–Crippen MR) is 79.4 cm³/mol. The minimum absolute atomic E-state index is 0.161. The van der Waals surface area contributed by atoms with Gasteiger partial charge in [0.25, 0.3) is 0 Å². The molecule has 0 radical (unpaired) electrons. The molecular formula is C13H18BrFN2O2S. The van der Waals surface area contributed by atoms with Gasteiger partial charge in [-0.05, 0) is 44.9 Å². The van der Waals surface area contributed by atoms with Crippen molar-refractivity contribution in [3.63, 3.8) is 0 Å². The van der Waals surface area contributed by atoms with Crippen LogP contribution in [0.5, 0.6) is 0 Å². The molecule has 1 fully saturated rings. The summed E-state index contributed by atoms with van der Waals surface area (Å²) in [6.45, 7) is 2.09. The first-order valence-corrected chi connectivity index (χ1v) is 8.77. The van der Waals surface area contributed by atoms with Crippen molar-refractivity contribution in [2.45, 2.75) is 37.2 Å². The molecule has 1 aliphatic rings. The zero-order valence-corrected chi connectivity index (χ0v) is 13.8. The van der Waals surface area contributed by atoms with E-state index < -0.39 is 15.8 Å². The Morgan fingerprint density at radius 3 is 2.65 bits per heavy atom. The number of nitrogens with one attached hydrogen (secondary N) is 2. The fourth-order valence-corrected chi connectivity index (χ4v) is 4.25. The number of sulfonamides is 1. The van der Waals surface area contributed by atoms with Crippen LogP contribution in [-0.4, -0.2) is 21.5 Å². The maximum absolute atomic E-state index is 14.3. The molecule has 0 saturated heterocycles. The van der Waals surface area contributed by atoms with E-state index in [1.165, 1.54) is 6.07 Å². The number of hydrogen-bond acceptors (Lipinski definition) is 3. The van der Waals surface area contributed by atoms with E-state index in [0.29, 0.717) is 16.0 Å². The second kappa shape index (κ2) is 6.09. The van der Waals surface area contributed by atoms with Crippen LogP contribution in [0.25, 0.3) is 0 Å². The first-order valence-electron chi connectivity index (χ1n) is 6.50. The van der Waals surface area contributed by atoms with Crippen molar-refractivity contribution in [2.75, 3.05) is 7.05 Å². The molecule has 1 unspecified atom stereocenters. The van der Waals surface area contributed by atoms with Gasteiger partial charge in [-0.15, -0.1) is 0 Å². The smallest absolute Gasteiger partial charge is 0.243 e. The molecule has 1 saturated carbocycles. The number of benzene rings is 1. The van der Waals surface area contributed by atoms with Gasteiger partial charge >= 0.3 is 0 Å². The Morgan fingerprint density at radius 1 is 1.45 bits per heavy atom. The van der Waals surface area contributed by atoms with Gasteiger partial charge < -0.3 is 5.32 Å². The molecule has 1 aliphatic carbocycles. The van der Waals surface area contributed by atoms with Gasteiger partial charge in [-0.1, -0.05) is 15.9 Å². The maximum Gasteiger partial charge on any atom is 0.243 e. The lowest BCUT2D eigenvalue weighted by molar-refractivity contribution is 0.521. The van der Waals surface area contributed by atoms with Crippen LogP contribution in [0.4, 0.5) is 4.39 Å². The Kier molecular flexibility index (Phi) is 4.84. The first-order chi connectivity index (χ1) is 9.35. The summed E-state index contributed by atoms with van der Waals surface area (Å²) in [5.74, 6) is -0.324. The van der Waals surface area contributed by atoms with E-state index in [4.69, 9.17) is 0 Å². The van der Waals surface area contributed by atoms with Gasteiger partial charge in [-0.2, -0.15) is 0 Å². The fraction of sp³-hybridized carbons (Fsp3) is 0.538. The van der Waals surface area contributed by atoms with Gasteiger partial charge in [0.2, 0.25) is 10.0 Å². The number of rotatable bonds is 6. The van der Waals surface area contributed by atoms with Crippen LogP contribution in [-0.2, 0) is 16.6 Å². The standard InChI is InChI=1S/C13H18BrFN2O2S/c1-8(9-3-4-9)17-20(18,19)12-6-11(14)5-10(7-16-2)13(12)15/h5-6,8-9,16-17H,3-4,7H2,1-2H3. The van der Waals surface area contributed by atoms with Gasteiger partial charge in [0, 0.05) is 22.6 Å². The van der Waals surface area contributed by atoms with Crippen LogP contribution in [0.1, 0.15) is 25.3 Å². The minimum Gasteiger partial charge on any atom is -0.316 e. The minimum atomic E-state index is -3.84. The van der Waals surface area contributed by atoms with E-state index in [2.05, 4.69) is 26.0 Å². The number of halogens is 2. The second-order valence-corrected chi connectivity index (χ2v) is 7.75. The van der Waals surface area contributed by atoms with E-state index in [1.54, 1.807) is 13.1 Å². The molecule has 1 aromatic carbocycles. The van der Waals surface area contributed by atoms with Gasteiger partial charge in [0.05, 0.1) is 0 Å². The molecular weight excluding hydrogens is 347 g/mol. The van der Waals surface area contributed by atoms with E-state index in [9.17, 15) is 12.8 Å². The van der Waals surface area contributed by atoms with Crippen molar-refractivity contribution in [3.05, 3.63) is 28.0 Å². The molecule has 0 bridgehead atoms. The Morgan fingerprint density at radius 2 is 2.10 bits per heavy atom. The highest BCUT2D eigenvalue weighted by Gasteiger charge is 2.32. The van der Waals surface area contributed by atoms with Crippen LogP contribution < -0.4 is 10.0 Å². The lowest BCUT2D eigenvalue weighted by atomic mass is 10.2. The third-order valence-corrected chi connectivity index (χ3v) is 5.42. The molecule has 4 nitrogen and oxygen atoms in total. The molecule has 0 amide bonds. The third-order valence-electron chi connectivity index (χ3n) is 3.41. The third kappa shape index (κ3) is 3.58. The summed E-state index contributed by atoms with van der Waals surface area (Å²) >= 11 is 3.23. The van der Waals surface area contributed by atoms with Crippen molar-refractivity contribution < 1.29 is 12.8 Å². The van der Waals surface area contributed by atoms with Crippen LogP contribution in [0.3, 0.4) is 0 Å². The molecule has 7 heteroatoms. The van der Waals surface area contributed by atoms with E-state index >= 15 is 0 Å². The first kappa shape index (κ1) is 15.9. The lowest BCUT2D eigenvalue weighted by Gasteiger charge is -2.15. The summed E-state index contributed by atoms with van der Waals surface area (Å²) in [6, 6.07) is 2.72. The Balaban J connectivity index is 2.34. The zero-order valence-electron chi connectivity index (χ0n) is 11.4. The number of hydrogen-bond donors (Lipinski definition) is 2. The van der Waals surface area contributed by atoms with Crippen LogP contribution in [0, 0.1) is 11.7 Å². The van der Waals surface area contributed by atoms with E-state index in [-0.39, 0.29) is 17.5 Å². The topological polar surface area (TPSA) is 58.2 Å². The average Bonchev–Trinajstić information content (AvgIpc) is 3.17. The molecule has 1 atom stereocenters. The van der Waals surface area contributed by atoms with Crippen LogP contribution in [0.2, 0.25) is 0 Å². The van der Waals surface area contributed by atoms with E-state index in [1.807, 2.05) is 6.92 Å². The molecule has 0 heterocycles. The highest BCUT2D eigenvalue weighted by molar-refractivity contribution is 9.10. The van der Waals surface area contributed by atoms with Crippen molar-refractivity contribution in [1.82, 2.24) is 10.0 Å². The Hall–Kier alpha value is -0.500. The Labute approximate surface area is 127 Å². The molecule has 0 aromatic heterocycles. The van der Waals surface area contributed by atoms with Crippen LogP contribution >= 0.6 is 15.9 Å². The quantitative estimate of drug-likeness (QED) is 0.814. The molecule has 20 heavy (non-hydrogen) atoms. The zero-order chi connectivity index (χ0) is 14.9. The molecule has 0 aliphatic heterocycles. The van der Waals surface area contributed by atoms with Crippen molar-refractivity contribution in [2.24, 2.45) is 5.92 Å². The van der Waals surface area contributed by atoms with Crippen LogP contribution in [0.15, 0.2) is 21.5 Å². The lowest BCUT2D eigenvalue weighted by Crippen LogP contribution is -2.34. The summed E-state index contributed by atoms with van der Waals surface area (Å²) in [7, 11) is -2.16. The molecule has 2 rings (SSSR count). The monoisotopic (exact) mass is 364 g/mol. The Bertz CT molecular complexity index is 603. The van der Waals surface area contributed by atoms with Gasteiger partial charge in [-0.25, -0.2) is 17.5 Å². The van der Waals surface area contributed by atoms with Crippen molar-refractivity contribution >= 4 is 26.0 Å². The van der Waals surface area contributed by atoms with Crippen molar-refractivity contribution in [3.8, 4) is 0 Å². The molecule has 0 spiro atoms. The summed E-state index contributed by atoms with van der Waals surface area (Å²) in [4.78, 5) is -0.301. The summed E-state index contributed by atoms with van der Waals surface area (Å²) in [5, 5.41) is 2.82. The summed E-state index contributed by atoms with van der Waals surface area (Å²) in [6.07, 6.45) is 2.05. The highest BCUT2D eigenvalue weighted by atomic mass is 79.9. The molecule has 1 aromatic rings. The van der Waals surface area contributed by atoms with Gasteiger partial charge in [0.1, 0.15) is 10.7 Å². The average molecular weight is 365 g/mol. The van der Waals surface area contributed by atoms with Crippen molar-refractivity contribution in [1.29, 1.82) is 0 Å². The van der Waals surface area contributed by atoms with E-state index in [0.717, 1.165) is 12.8 Å². The largest absolute Gasteiger partial charge is 0.316 e. The fourth-order valence-electron chi connectivity index (χ4n) is 2.13. The molecule has 112 valence electrons. The van der Waals surface area contributed by atoms with Gasteiger partial charge in [-0.3, -0.25) is 0 Å². The second-order valence-electron chi connectivity index (χ2n) is 5.15. The highest BCUT2D eigenvalue weighted by Crippen LogP contribution is 2.33. The SMILES string of the molecule is CNCc1cc(Br)cc(S(=O)(=O)NC(C)C2CC2)c1F. The summed E-state index contributed by atoms with van der Waals surface area (Å²) < 4.78 is 42.1. The maximum atomic E-state index is 14.3. The summed E-state index contributed by atoms with van der Waals surface area (Å²) in [5.41, 5.74) is 0.321. The predicted octanol–water partition coefficient (Wildman–Crippen LogP) is 2.38. The normalized spacial score (nSPS) is 17.2. The van der Waals surface area contributed by atoms with Gasteiger partial charge in [0.15, 0.2) is 0 Å². The molecule has 2 N–H and O–H groups in total.